The second kappa shape index (κ2) is 5.84. The summed E-state index contributed by atoms with van der Waals surface area (Å²) in [5.74, 6) is -0.170. The maximum Gasteiger partial charge on any atom is 0.260 e. The Balaban J connectivity index is 1.84. The van der Waals surface area contributed by atoms with Gasteiger partial charge in [-0.3, -0.25) is 4.79 Å². The molecule has 0 bridgehead atoms. The minimum Gasteiger partial charge on any atom is -0.482 e. The van der Waals surface area contributed by atoms with E-state index in [1.54, 1.807) is 6.07 Å². The first-order chi connectivity index (χ1) is 12.4. The van der Waals surface area contributed by atoms with Crippen molar-refractivity contribution >= 4 is 22.7 Å². The van der Waals surface area contributed by atoms with Gasteiger partial charge in [0, 0.05) is 16.8 Å². The molecule has 2 heterocycles. The number of amides is 1. The van der Waals surface area contributed by atoms with Crippen LogP contribution in [0.1, 0.15) is 37.5 Å². The Hall–Kier alpha value is -2.88. The highest BCUT2D eigenvalue weighted by molar-refractivity contribution is 6.32. The lowest BCUT2D eigenvalue weighted by Crippen LogP contribution is -2.21. The second-order valence-corrected chi connectivity index (χ2v) is 7.10. The summed E-state index contributed by atoms with van der Waals surface area (Å²) in [6, 6.07) is 12.6. The highest BCUT2D eigenvalue weighted by Gasteiger charge is 2.38. The van der Waals surface area contributed by atoms with Crippen molar-refractivity contribution in [3.63, 3.8) is 0 Å². The van der Waals surface area contributed by atoms with E-state index in [0.29, 0.717) is 22.6 Å². The molecule has 0 aromatic heterocycles. The summed E-state index contributed by atoms with van der Waals surface area (Å²) in [6.45, 7) is 6.06. The average molecular weight is 349 g/mol. The van der Waals surface area contributed by atoms with Crippen molar-refractivity contribution < 1.29 is 13.9 Å². The molecule has 4 heteroatoms. The van der Waals surface area contributed by atoms with Gasteiger partial charge in [0.2, 0.25) is 0 Å². The molecule has 0 spiro atoms. The standard InChI is InChI=1S/C22H20FNO2/c1-4-13-5-7-14(8-6-13)17-12-19(26-22(17,2)3)20-16-11-15(23)9-10-18(16)24-21(20)25/h5-12H,4H2,1-3H3,(H,24,25)/b20-19+. The lowest BCUT2D eigenvalue weighted by Gasteiger charge is -2.23. The van der Waals surface area contributed by atoms with Crippen LogP contribution in [0.4, 0.5) is 10.1 Å². The van der Waals surface area contributed by atoms with E-state index in [4.69, 9.17) is 4.74 Å². The van der Waals surface area contributed by atoms with Crippen molar-refractivity contribution in [3.05, 3.63) is 76.8 Å². The van der Waals surface area contributed by atoms with Crippen molar-refractivity contribution in [1.29, 1.82) is 0 Å². The maximum absolute atomic E-state index is 13.7. The molecule has 4 rings (SSSR count). The van der Waals surface area contributed by atoms with E-state index in [1.165, 1.54) is 17.7 Å². The third-order valence-electron chi connectivity index (χ3n) is 4.93. The van der Waals surface area contributed by atoms with Gasteiger partial charge in [0.05, 0.1) is 5.57 Å². The zero-order valence-electron chi connectivity index (χ0n) is 15.0. The minimum atomic E-state index is -0.577. The Labute approximate surface area is 152 Å². The number of anilines is 1. The fourth-order valence-corrected chi connectivity index (χ4v) is 3.52. The Morgan fingerprint density at radius 2 is 1.85 bits per heavy atom. The molecule has 0 atom stereocenters. The van der Waals surface area contributed by atoms with Crippen LogP contribution in [0.5, 0.6) is 0 Å². The van der Waals surface area contributed by atoms with Crippen molar-refractivity contribution in [2.75, 3.05) is 5.32 Å². The van der Waals surface area contributed by atoms with Gasteiger partial charge in [-0.25, -0.2) is 4.39 Å². The van der Waals surface area contributed by atoms with E-state index < -0.39 is 5.60 Å². The predicted molar refractivity (Wildman–Crippen MR) is 101 cm³/mol. The molecule has 3 nitrogen and oxygen atoms in total. The predicted octanol–water partition coefficient (Wildman–Crippen LogP) is 4.94. The number of allylic oxidation sites excluding steroid dienone is 1. The normalized spacial score (nSPS) is 20.5. The zero-order valence-corrected chi connectivity index (χ0v) is 15.0. The van der Waals surface area contributed by atoms with E-state index >= 15 is 0 Å². The van der Waals surface area contributed by atoms with Crippen molar-refractivity contribution in [2.24, 2.45) is 0 Å². The van der Waals surface area contributed by atoms with Gasteiger partial charge in [-0.15, -0.1) is 0 Å². The maximum atomic E-state index is 13.7. The third-order valence-corrected chi connectivity index (χ3v) is 4.93. The van der Waals surface area contributed by atoms with Crippen LogP contribution in [0.2, 0.25) is 0 Å². The molecule has 2 aliphatic heterocycles. The number of benzene rings is 2. The van der Waals surface area contributed by atoms with Crippen LogP contribution in [-0.4, -0.2) is 11.5 Å². The Morgan fingerprint density at radius 1 is 1.12 bits per heavy atom. The van der Waals surface area contributed by atoms with Gasteiger partial charge in [-0.05, 0) is 55.7 Å². The quantitative estimate of drug-likeness (QED) is 0.780. The van der Waals surface area contributed by atoms with Crippen LogP contribution in [0.25, 0.3) is 11.1 Å². The van der Waals surface area contributed by atoms with Crippen molar-refractivity contribution in [3.8, 4) is 0 Å². The molecule has 0 saturated heterocycles. The monoisotopic (exact) mass is 349 g/mol. The number of ether oxygens (including phenoxy) is 1. The molecule has 0 unspecified atom stereocenters. The number of hydrogen-bond donors (Lipinski definition) is 1. The smallest absolute Gasteiger partial charge is 0.260 e. The lowest BCUT2D eigenvalue weighted by atomic mass is 9.91. The van der Waals surface area contributed by atoms with Crippen LogP contribution >= 0.6 is 0 Å². The molecule has 2 aromatic carbocycles. The van der Waals surface area contributed by atoms with Gasteiger partial charge in [-0.1, -0.05) is 31.2 Å². The Bertz CT molecular complexity index is 968. The van der Waals surface area contributed by atoms with E-state index in [1.807, 2.05) is 19.9 Å². The number of nitrogens with one attached hydrogen (secondary N) is 1. The summed E-state index contributed by atoms with van der Waals surface area (Å²) in [5, 5.41) is 2.78. The molecule has 0 radical (unpaired) electrons. The van der Waals surface area contributed by atoms with Crippen LogP contribution in [0, 0.1) is 5.82 Å². The lowest BCUT2D eigenvalue weighted by molar-refractivity contribution is -0.111. The van der Waals surface area contributed by atoms with E-state index in [9.17, 15) is 9.18 Å². The van der Waals surface area contributed by atoms with Crippen molar-refractivity contribution in [2.45, 2.75) is 32.8 Å². The summed E-state index contributed by atoms with van der Waals surface area (Å²) in [7, 11) is 0. The molecule has 1 amide bonds. The summed E-state index contributed by atoms with van der Waals surface area (Å²) < 4.78 is 19.8. The molecule has 0 fully saturated rings. The summed E-state index contributed by atoms with van der Waals surface area (Å²) in [4.78, 5) is 12.5. The Kier molecular flexibility index (Phi) is 3.72. The van der Waals surface area contributed by atoms with Gasteiger partial charge < -0.3 is 10.1 Å². The number of rotatable bonds is 2. The van der Waals surface area contributed by atoms with Crippen molar-refractivity contribution in [1.82, 2.24) is 0 Å². The van der Waals surface area contributed by atoms with Crippen LogP contribution in [-0.2, 0) is 16.0 Å². The molecule has 0 saturated carbocycles. The fourth-order valence-electron chi connectivity index (χ4n) is 3.52. The third kappa shape index (κ3) is 2.62. The summed E-state index contributed by atoms with van der Waals surface area (Å²) >= 11 is 0. The van der Waals surface area contributed by atoms with Gasteiger partial charge >= 0.3 is 0 Å². The Morgan fingerprint density at radius 3 is 2.54 bits per heavy atom. The number of hydrogen-bond acceptors (Lipinski definition) is 2. The molecule has 2 aromatic rings. The molecule has 1 N–H and O–H groups in total. The number of halogens is 1. The zero-order chi connectivity index (χ0) is 18.5. The molecular weight excluding hydrogens is 329 g/mol. The molecular formula is C22H20FNO2. The summed E-state index contributed by atoms with van der Waals surface area (Å²) in [6.07, 6.45) is 2.88. The molecule has 0 aliphatic carbocycles. The first kappa shape index (κ1) is 16.6. The molecule has 26 heavy (non-hydrogen) atoms. The van der Waals surface area contributed by atoms with Gasteiger partial charge in [0.1, 0.15) is 17.2 Å². The number of carbonyl (C=O) groups excluding carboxylic acids is 1. The van der Waals surface area contributed by atoms with Gasteiger partial charge in [-0.2, -0.15) is 0 Å². The minimum absolute atomic E-state index is 0.268. The van der Waals surface area contributed by atoms with Crippen LogP contribution in [0.15, 0.2) is 54.3 Å². The highest BCUT2D eigenvalue weighted by Crippen LogP contribution is 2.44. The average Bonchev–Trinajstić information content (AvgIpc) is 3.09. The van der Waals surface area contributed by atoms with Crippen LogP contribution < -0.4 is 5.32 Å². The first-order valence-electron chi connectivity index (χ1n) is 8.75. The second-order valence-electron chi connectivity index (χ2n) is 7.10. The topological polar surface area (TPSA) is 38.3 Å². The largest absolute Gasteiger partial charge is 0.482 e. The molecule has 2 aliphatic rings. The van der Waals surface area contributed by atoms with Gasteiger partial charge in [0.25, 0.3) is 5.91 Å². The van der Waals surface area contributed by atoms with Crippen LogP contribution in [0.3, 0.4) is 0 Å². The SMILES string of the molecule is CCc1ccc(C2=C/C(=C3\C(=O)Nc4ccc(F)cc43)OC2(C)C)cc1. The molecule has 132 valence electrons. The van der Waals surface area contributed by atoms with E-state index in [-0.39, 0.29) is 11.7 Å². The van der Waals surface area contributed by atoms with E-state index in [2.05, 4.69) is 36.5 Å². The fraction of sp³-hybridized carbons (Fsp3) is 0.227. The number of carbonyl (C=O) groups is 1. The summed E-state index contributed by atoms with van der Waals surface area (Å²) in [5.41, 5.74) is 4.28. The number of fused-ring (bicyclic) bond motifs is 1. The van der Waals surface area contributed by atoms with E-state index in [0.717, 1.165) is 17.6 Å². The highest BCUT2D eigenvalue weighted by atomic mass is 19.1. The van der Waals surface area contributed by atoms with Gasteiger partial charge in [0.15, 0.2) is 0 Å². The first-order valence-corrected chi connectivity index (χ1v) is 8.75. The number of aryl methyl sites for hydroxylation is 1.